The van der Waals surface area contributed by atoms with Crippen LogP contribution in [0.15, 0.2) is 36.4 Å². The zero-order valence-corrected chi connectivity index (χ0v) is 9.74. The second-order valence-electron chi connectivity index (χ2n) is 4.52. The molecular weight excluding hydrogens is 194 g/mol. The second-order valence-corrected chi connectivity index (χ2v) is 4.52. The minimum absolute atomic E-state index is 0.287. The van der Waals surface area contributed by atoms with Gasteiger partial charge in [0.1, 0.15) is 0 Å². The van der Waals surface area contributed by atoms with Gasteiger partial charge < -0.3 is 0 Å². The van der Waals surface area contributed by atoms with E-state index in [-0.39, 0.29) is 5.41 Å². The molecule has 1 aromatic rings. The highest BCUT2D eigenvalue weighted by atomic mass is 14.4. The summed E-state index contributed by atoms with van der Waals surface area (Å²) in [7, 11) is 0. The molecule has 0 radical (unpaired) electrons. The van der Waals surface area contributed by atoms with E-state index < -0.39 is 0 Å². The highest BCUT2D eigenvalue weighted by Crippen LogP contribution is 2.36. The highest BCUT2D eigenvalue weighted by Gasteiger charge is 2.32. The van der Waals surface area contributed by atoms with Crippen molar-refractivity contribution >= 4 is 0 Å². The van der Waals surface area contributed by atoms with Gasteiger partial charge in [-0.3, -0.25) is 0 Å². The lowest BCUT2D eigenvalue weighted by Gasteiger charge is -2.20. The van der Waals surface area contributed by atoms with Crippen molar-refractivity contribution in [1.82, 2.24) is 0 Å². The van der Waals surface area contributed by atoms with Gasteiger partial charge in [-0.15, -0.1) is 0 Å². The third-order valence-corrected chi connectivity index (χ3v) is 3.36. The van der Waals surface area contributed by atoms with Gasteiger partial charge in [0.25, 0.3) is 0 Å². The maximum Gasteiger partial charge on any atom is 0.0890 e. The number of aryl methyl sites for hydroxylation is 1. The molecule has 16 heavy (non-hydrogen) atoms. The van der Waals surface area contributed by atoms with Crippen molar-refractivity contribution in [1.29, 1.82) is 5.26 Å². The predicted molar refractivity (Wildman–Crippen MR) is 66.1 cm³/mol. The lowest BCUT2D eigenvalue weighted by molar-refractivity contribution is 0.596. The third-order valence-electron chi connectivity index (χ3n) is 3.36. The smallest absolute Gasteiger partial charge is 0.0890 e. The van der Waals surface area contributed by atoms with Crippen LogP contribution in [0.1, 0.15) is 37.3 Å². The largest absolute Gasteiger partial charge is 0.197 e. The van der Waals surface area contributed by atoms with Crippen LogP contribution in [0, 0.1) is 11.3 Å². The summed E-state index contributed by atoms with van der Waals surface area (Å²) in [6, 6.07) is 11.1. The fourth-order valence-electron chi connectivity index (χ4n) is 2.32. The van der Waals surface area contributed by atoms with E-state index in [0.717, 1.165) is 19.3 Å². The topological polar surface area (TPSA) is 23.8 Å². The molecule has 0 atom stereocenters. The first kappa shape index (κ1) is 11.0. The number of allylic oxidation sites excluding steroid dienone is 2. The Morgan fingerprint density at radius 1 is 1.19 bits per heavy atom. The molecule has 82 valence electrons. The molecule has 1 aliphatic carbocycles. The lowest BCUT2D eigenvalue weighted by atomic mass is 9.79. The number of benzene rings is 1. The summed E-state index contributed by atoms with van der Waals surface area (Å²) in [5, 5.41) is 9.35. The van der Waals surface area contributed by atoms with E-state index in [1.807, 2.05) is 0 Å². The molecule has 1 aliphatic rings. The second kappa shape index (κ2) is 4.53. The van der Waals surface area contributed by atoms with Crippen molar-refractivity contribution < 1.29 is 0 Å². The summed E-state index contributed by atoms with van der Waals surface area (Å²) in [5.74, 6) is 0. The molecule has 0 aliphatic heterocycles. The first-order valence-electron chi connectivity index (χ1n) is 5.96. The van der Waals surface area contributed by atoms with Crippen molar-refractivity contribution in [3.05, 3.63) is 47.5 Å². The molecular formula is C15H17N. The van der Waals surface area contributed by atoms with Crippen LogP contribution in [-0.4, -0.2) is 0 Å². The SMILES string of the molecule is CCCc1ccc(C2(C#N)CC=CC2)cc1. The molecule has 1 aromatic carbocycles. The van der Waals surface area contributed by atoms with Crippen molar-refractivity contribution in [3.63, 3.8) is 0 Å². The Labute approximate surface area is 97.4 Å². The van der Waals surface area contributed by atoms with Crippen LogP contribution in [0.2, 0.25) is 0 Å². The van der Waals surface area contributed by atoms with Crippen molar-refractivity contribution in [3.8, 4) is 6.07 Å². The molecule has 0 saturated heterocycles. The van der Waals surface area contributed by atoms with Crippen LogP contribution in [0.5, 0.6) is 0 Å². The standard InChI is InChI=1S/C15H17N/c1-2-5-13-6-8-14(9-7-13)15(12-16)10-3-4-11-15/h3-4,6-9H,2,5,10-11H2,1H3. The summed E-state index contributed by atoms with van der Waals surface area (Å²) in [6.45, 7) is 2.19. The molecule has 0 unspecified atom stereocenters. The monoisotopic (exact) mass is 211 g/mol. The van der Waals surface area contributed by atoms with Gasteiger partial charge in [-0.1, -0.05) is 49.8 Å². The summed E-state index contributed by atoms with van der Waals surface area (Å²) >= 11 is 0. The van der Waals surface area contributed by atoms with Crippen molar-refractivity contribution in [2.24, 2.45) is 0 Å². The summed E-state index contributed by atoms with van der Waals surface area (Å²) in [6.07, 6.45) is 8.24. The molecule has 0 amide bonds. The third kappa shape index (κ3) is 1.88. The Morgan fingerprint density at radius 2 is 1.81 bits per heavy atom. The van der Waals surface area contributed by atoms with Crippen LogP contribution in [-0.2, 0) is 11.8 Å². The van der Waals surface area contributed by atoms with E-state index in [4.69, 9.17) is 0 Å². The van der Waals surface area contributed by atoms with Crippen LogP contribution in [0.4, 0.5) is 0 Å². The van der Waals surface area contributed by atoms with Gasteiger partial charge in [-0.25, -0.2) is 0 Å². The number of rotatable bonds is 3. The Balaban J connectivity index is 2.24. The Morgan fingerprint density at radius 3 is 2.31 bits per heavy atom. The molecule has 2 rings (SSSR count). The Kier molecular flexibility index (Phi) is 3.10. The fourth-order valence-corrected chi connectivity index (χ4v) is 2.32. The predicted octanol–water partition coefficient (Wildman–Crippen LogP) is 3.75. The normalized spacial score (nSPS) is 17.2. The van der Waals surface area contributed by atoms with E-state index in [1.165, 1.54) is 17.5 Å². The minimum atomic E-state index is -0.287. The average molecular weight is 211 g/mol. The first-order chi connectivity index (χ1) is 7.80. The van der Waals surface area contributed by atoms with E-state index in [2.05, 4.69) is 49.4 Å². The molecule has 1 nitrogen and oxygen atoms in total. The molecule has 0 aromatic heterocycles. The molecule has 0 N–H and O–H groups in total. The summed E-state index contributed by atoms with van der Waals surface area (Å²) < 4.78 is 0. The van der Waals surface area contributed by atoms with E-state index >= 15 is 0 Å². The lowest BCUT2D eigenvalue weighted by Crippen LogP contribution is -2.19. The van der Waals surface area contributed by atoms with Gasteiger partial charge in [0.2, 0.25) is 0 Å². The van der Waals surface area contributed by atoms with Crippen molar-refractivity contribution in [2.75, 3.05) is 0 Å². The zero-order chi connectivity index (χ0) is 11.4. The zero-order valence-electron chi connectivity index (χ0n) is 9.74. The van der Waals surface area contributed by atoms with Crippen LogP contribution in [0.25, 0.3) is 0 Å². The van der Waals surface area contributed by atoms with Gasteiger partial charge in [0, 0.05) is 0 Å². The van der Waals surface area contributed by atoms with Crippen LogP contribution >= 0.6 is 0 Å². The number of nitriles is 1. The van der Waals surface area contributed by atoms with Gasteiger partial charge in [0.15, 0.2) is 0 Å². The maximum atomic E-state index is 9.35. The summed E-state index contributed by atoms with van der Waals surface area (Å²) in [4.78, 5) is 0. The molecule has 0 saturated carbocycles. The average Bonchev–Trinajstić information content (AvgIpc) is 2.80. The Hall–Kier alpha value is -1.55. The summed E-state index contributed by atoms with van der Waals surface area (Å²) in [5.41, 5.74) is 2.25. The molecule has 0 fully saturated rings. The number of hydrogen-bond acceptors (Lipinski definition) is 1. The quantitative estimate of drug-likeness (QED) is 0.698. The van der Waals surface area contributed by atoms with Crippen molar-refractivity contribution in [2.45, 2.75) is 38.0 Å². The molecule has 1 heteroatoms. The van der Waals surface area contributed by atoms with Gasteiger partial charge >= 0.3 is 0 Å². The fraction of sp³-hybridized carbons (Fsp3) is 0.400. The van der Waals surface area contributed by atoms with E-state index in [1.54, 1.807) is 0 Å². The highest BCUT2D eigenvalue weighted by molar-refractivity contribution is 5.38. The van der Waals surface area contributed by atoms with Gasteiger partial charge in [0.05, 0.1) is 11.5 Å². The Bertz CT molecular complexity index is 412. The number of nitrogens with zero attached hydrogens (tertiary/aromatic N) is 1. The minimum Gasteiger partial charge on any atom is -0.197 e. The van der Waals surface area contributed by atoms with Gasteiger partial charge in [-0.2, -0.15) is 5.26 Å². The first-order valence-corrected chi connectivity index (χ1v) is 5.96. The molecule has 0 heterocycles. The van der Waals surface area contributed by atoms with E-state index in [0.29, 0.717) is 0 Å². The molecule has 0 bridgehead atoms. The maximum absolute atomic E-state index is 9.35. The van der Waals surface area contributed by atoms with Crippen LogP contribution in [0.3, 0.4) is 0 Å². The van der Waals surface area contributed by atoms with Gasteiger partial charge in [-0.05, 0) is 30.4 Å². The number of hydrogen-bond donors (Lipinski definition) is 0. The van der Waals surface area contributed by atoms with E-state index in [9.17, 15) is 5.26 Å². The van der Waals surface area contributed by atoms with Crippen LogP contribution < -0.4 is 0 Å². The molecule has 0 spiro atoms.